The van der Waals surface area contributed by atoms with Gasteiger partial charge in [0, 0.05) is 12.6 Å². The van der Waals surface area contributed by atoms with Crippen LogP contribution < -0.4 is 5.32 Å². The Morgan fingerprint density at radius 3 is 2.90 bits per heavy atom. The zero-order valence-electron chi connectivity index (χ0n) is 11.7. The number of hydrogen-bond donors (Lipinski definition) is 1. The number of esters is 1. The van der Waals surface area contributed by atoms with E-state index < -0.39 is 0 Å². The summed E-state index contributed by atoms with van der Waals surface area (Å²) in [5.41, 5.74) is 1.77. The average molecular weight is 275 g/mol. The first-order valence-electron chi connectivity index (χ1n) is 6.31. The minimum absolute atomic E-state index is 0.107. The van der Waals surface area contributed by atoms with E-state index in [1.807, 2.05) is 31.2 Å². The van der Waals surface area contributed by atoms with Crippen molar-refractivity contribution in [1.82, 2.24) is 10.2 Å². The molecule has 1 N–H and O–H groups in total. The first-order chi connectivity index (χ1) is 9.58. The lowest BCUT2D eigenvalue weighted by Gasteiger charge is -2.12. The van der Waals surface area contributed by atoms with E-state index in [0.717, 1.165) is 11.3 Å². The minimum atomic E-state index is -0.261. The van der Waals surface area contributed by atoms with Crippen molar-refractivity contribution in [2.24, 2.45) is 0 Å². The molecular weight excluding hydrogens is 258 g/mol. The van der Waals surface area contributed by atoms with Crippen molar-refractivity contribution >= 4 is 11.7 Å². The van der Waals surface area contributed by atoms with Crippen molar-refractivity contribution in [2.75, 3.05) is 12.4 Å². The molecule has 6 heteroatoms. The normalized spacial score (nSPS) is 11.9. The number of nitrogens with one attached hydrogen (secondary N) is 1. The Hall–Kier alpha value is -2.37. The largest absolute Gasteiger partial charge is 0.469 e. The third-order valence-corrected chi connectivity index (χ3v) is 2.80. The molecule has 0 unspecified atom stereocenters. The highest BCUT2D eigenvalue weighted by molar-refractivity contribution is 5.72. The van der Waals surface area contributed by atoms with Gasteiger partial charge >= 0.3 is 5.97 Å². The Morgan fingerprint density at radius 2 is 2.25 bits per heavy atom. The fraction of sp³-hybridized carbons (Fsp3) is 0.357. The first-order valence-corrected chi connectivity index (χ1v) is 6.31. The number of nitrogens with zero attached hydrogens (tertiary/aromatic N) is 2. The Labute approximate surface area is 117 Å². The van der Waals surface area contributed by atoms with Gasteiger partial charge in [-0.1, -0.05) is 12.1 Å². The number of carbonyl (C=O) groups is 1. The van der Waals surface area contributed by atoms with E-state index in [1.54, 1.807) is 6.92 Å². The summed E-state index contributed by atoms with van der Waals surface area (Å²) < 4.78 is 10.0. The summed E-state index contributed by atoms with van der Waals surface area (Å²) >= 11 is 0. The molecule has 0 saturated heterocycles. The topological polar surface area (TPSA) is 77.2 Å². The van der Waals surface area contributed by atoms with Crippen LogP contribution in [0.3, 0.4) is 0 Å². The molecule has 0 bridgehead atoms. The number of hydrogen-bond acceptors (Lipinski definition) is 6. The molecule has 0 fully saturated rings. The van der Waals surface area contributed by atoms with Crippen molar-refractivity contribution in [2.45, 2.75) is 26.3 Å². The van der Waals surface area contributed by atoms with Crippen molar-refractivity contribution < 1.29 is 13.9 Å². The van der Waals surface area contributed by atoms with E-state index in [0.29, 0.717) is 11.8 Å². The van der Waals surface area contributed by atoms with E-state index in [9.17, 15) is 4.79 Å². The Bertz CT molecular complexity index is 595. The molecule has 0 radical (unpaired) electrons. The maximum Gasteiger partial charge on any atom is 0.309 e. The second-order valence-corrected chi connectivity index (χ2v) is 4.48. The molecule has 1 aromatic heterocycles. The van der Waals surface area contributed by atoms with Gasteiger partial charge in [0.1, 0.15) is 6.04 Å². The van der Waals surface area contributed by atoms with Gasteiger partial charge in [-0.15, -0.1) is 10.2 Å². The predicted octanol–water partition coefficient (Wildman–Crippen LogP) is 2.27. The van der Waals surface area contributed by atoms with Crippen LogP contribution in [0, 0.1) is 6.92 Å². The van der Waals surface area contributed by atoms with Crippen LogP contribution in [-0.2, 0) is 16.0 Å². The lowest BCUT2D eigenvalue weighted by atomic mass is 10.1. The molecule has 2 rings (SSSR count). The molecule has 2 aromatic rings. The zero-order chi connectivity index (χ0) is 14.5. The number of anilines is 1. The van der Waals surface area contributed by atoms with Gasteiger partial charge in [-0.2, -0.15) is 0 Å². The highest BCUT2D eigenvalue weighted by atomic mass is 16.5. The van der Waals surface area contributed by atoms with Crippen molar-refractivity contribution in [3.63, 3.8) is 0 Å². The molecule has 0 aliphatic heterocycles. The Balaban J connectivity index is 2.05. The zero-order valence-corrected chi connectivity index (χ0v) is 11.7. The molecule has 20 heavy (non-hydrogen) atoms. The minimum Gasteiger partial charge on any atom is -0.469 e. The number of methoxy groups -OCH3 is 1. The van der Waals surface area contributed by atoms with Crippen LogP contribution in [0.15, 0.2) is 28.7 Å². The number of rotatable bonds is 5. The summed E-state index contributed by atoms with van der Waals surface area (Å²) in [7, 11) is 1.38. The number of ether oxygens (including phenoxy) is 1. The fourth-order valence-electron chi connectivity index (χ4n) is 1.81. The monoisotopic (exact) mass is 275 g/mol. The first kappa shape index (κ1) is 14.0. The second kappa shape index (κ2) is 6.18. The van der Waals surface area contributed by atoms with Crippen molar-refractivity contribution in [3.8, 4) is 0 Å². The molecule has 1 aromatic carbocycles. The molecule has 0 aliphatic carbocycles. The van der Waals surface area contributed by atoms with Gasteiger partial charge in [0.05, 0.1) is 13.5 Å². The molecule has 1 atom stereocenters. The number of benzene rings is 1. The van der Waals surface area contributed by atoms with Gasteiger partial charge in [-0.25, -0.2) is 0 Å². The van der Waals surface area contributed by atoms with Crippen molar-refractivity contribution in [1.29, 1.82) is 0 Å². The molecule has 106 valence electrons. The smallest absolute Gasteiger partial charge is 0.309 e. The van der Waals surface area contributed by atoms with Crippen LogP contribution in [0.25, 0.3) is 0 Å². The van der Waals surface area contributed by atoms with E-state index >= 15 is 0 Å². The van der Waals surface area contributed by atoms with Gasteiger partial charge in [0.2, 0.25) is 11.8 Å². The van der Waals surface area contributed by atoms with Crippen LogP contribution in [0.5, 0.6) is 0 Å². The van der Waals surface area contributed by atoms with Gasteiger partial charge in [0.15, 0.2) is 0 Å². The number of aryl methyl sites for hydroxylation is 1. The molecular formula is C14H17N3O3. The Kier molecular flexibility index (Phi) is 4.34. The van der Waals surface area contributed by atoms with E-state index in [4.69, 9.17) is 4.42 Å². The van der Waals surface area contributed by atoms with Gasteiger partial charge in [0.25, 0.3) is 0 Å². The summed E-state index contributed by atoms with van der Waals surface area (Å²) in [6, 6.07) is 7.47. The standard InChI is InChI=1S/C14H17N3O3/c1-9(14-17-16-10(2)20-14)15-12-6-4-5-11(7-12)8-13(18)19-3/h4-7,9,15H,8H2,1-3H3/t9-/m0/s1. The molecule has 0 aliphatic rings. The van der Waals surface area contributed by atoms with Crippen LogP contribution in [0.2, 0.25) is 0 Å². The Morgan fingerprint density at radius 1 is 1.45 bits per heavy atom. The van der Waals surface area contributed by atoms with Crippen LogP contribution >= 0.6 is 0 Å². The van der Waals surface area contributed by atoms with Gasteiger partial charge in [-0.3, -0.25) is 4.79 Å². The molecule has 1 heterocycles. The number of carbonyl (C=O) groups excluding carboxylic acids is 1. The van der Waals surface area contributed by atoms with E-state index in [1.165, 1.54) is 7.11 Å². The summed E-state index contributed by atoms with van der Waals surface area (Å²) in [6.45, 7) is 3.68. The summed E-state index contributed by atoms with van der Waals surface area (Å²) in [4.78, 5) is 11.3. The van der Waals surface area contributed by atoms with Crippen molar-refractivity contribution in [3.05, 3.63) is 41.6 Å². The third-order valence-electron chi connectivity index (χ3n) is 2.80. The highest BCUT2D eigenvalue weighted by Crippen LogP contribution is 2.19. The third kappa shape index (κ3) is 3.57. The maximum absolute atomic E-state index is 11.3. The molecule has 0 spiro atoms. The second-order valence-electron chi connectivity index (χ2n) is 4.48. The predicted molar refractivity (Wildman–Crippen MR) is 73.2 cm³/mol. The maximum atomic E-state index is 11.3. The summed E-state index contributed by atoms with van der Waals surface area (Å²) in [5, 5.41) is 11.0. The lowest BCUT2D eigenvalue weighted by molar-refractivity contribution is -0.139. The van der Waals surface area contributed by atoms with Crippen LogP contribution in [-0.4, -0.2) is 23.3 Å². The quantitative estimate of drug-likeness (QED) is 0.843. The molecule has 6 nitrogen and oxygen atoms in total. The summed E-state index contributed by atoms with van der Waals surface area (Å²) in [6.07, 6.45) is 0.250. The van der Waals surface area contributed by atoms with Crippen LogP contribution in [0.1, 0.15) is 30.3 Å². The average Bonchev–Trinajstić information content (AvgIpc) is 2.86. The van der Waals surface area contributed by atoms with Gasteiger partial charge < -0.3 is 14.5 Å². The SMILES string of the molecule is COC(=O)Cc1cccc(N[C@@H](C)c2nnc(C)o2)c1. The van der Waals surface area contributed by atoms with Gasteiger partial charge in [-0.05, 0) is 24.6 Å². The van der Waals surface area contributed by atoms with Crippen LogP contribution in [0.4, 0.5) is 5.69 Å². The van der Waals surface area contributed by atoms with E-state index in [2.05, 4.69) is 20.3 Å². The number of aromatic nitrogens is 2. The van der Waals surface area contributed by atoms with E-state index in [-0.39, 0.29) is 18.4 Å². The lowest BCUT2D eigenvalue weighted by Crippen LogP contribution is -2.08. The highest BCUT2D eigenvalue weighted by Gasteiger charge is 2.12. The molecule has 0 saturated carbocycles. The summed E-state index contributed by atoms with van der Waals surface area (Å²) in [5.74, 6) is 0.802. The molecule has 0 amide bonds. The fourth-order valence-corrected chi connectivity index (χ4v) is 1.81.